The first-order valence-electron chi connectivity index (χ1n) is 6.54. The van der Waals surface area contributed by atoms with Gasteiger partial charge in [0.2, 0.25) is 5.91 Å². The predicted octanol–water partition coefficient (Wildman–Crippen LogP) is 1.88. The smallest absolute Gasteiger partial charge is 0.221 e. The van der Waals surface area contributed by atoms with E-state index in [0.29, 0.717) is 5.11 Å². The fraction of sp³-hybridized carbons (Fsp3) is 0.429. The van der Waals surface area contributed by atoms with Gasteiger partial charge in [0.15, 0.2) is 5.11 Å². The van der Waals surface area contributed by atoms with Crippen LogP contribution in [0.15, 0.2) is 24.3 Å². The van der Waals surface area contributed by atoms with Crippen molar-refractivity contribution in [1.82, 2.24) is 10.2 Å². The summed E-state index contributed by atoms with van der Waals surface area (Å²) in [4.78, 5) is 13.0. The minimum absolute atomic E-state index is 0.0798. The van der Waals surface area contributed by atoms with Gasteiger partial charge in [-0.2, -0.15) is 0 Å². The van der Waals surface area contributed by atoms with Gasteiger partial charge in [0.1, 0.15) is 0 Å². The van der Waals surface area contributed by atoms with E-state index in [1.807, 2.05) is 38.4 Å². The van der Waals surface area contributed by atoms with E-state index in [4.69, 9.17) is 12.2 Å². The first-order chi connectivity index (χ1) is 9.47. The Balaban J connectivity index is 2.33. The summed E-state index contributed by atoms with van der Waals surface area (Å²) in [5.41, 5.74) is 1.66. The number of amides is 1. The van der Waals surface area contributed by atoms with Crippen molar-refractivity contribution in [3.05, 3.63) is 24.3 Å². The summed E-state index contributed by atoms with van der Waals surface area (Å²) < 4.78 is 0. The van der Waals surface area contributed by atoms with Crippen LogP contribution in [0.5, 0.6) is 0 Å². The molecule has 0 spiro atoms. The predicted molar refractivity (Wildman–Crippen MR) is 88.1 cm³/mol. The SMILES string of the molecule is CC(=O)Nc1ccc(NC(=S)NCCCN(C)C)cc1. The molecule has 1 rings (SSSR count). The standard InChI is InChI=1S/C14H22N4OS/c1-11(19)16-12-5-7-13(8-6-12)17-14(20)15-9-4-10-18(2)3/h5-8H,4,9-10H2,1-3H3,(H,16,19)(H2,15,17,20). The van der Waals surface area contributed by atoms with E-state index in [9.17, 15) is 4.79 Å². The van der Waals surface area contributed by atoms with Gasteiger partial charge in [-0.25, -0.2) is 0 Å². The van der Waals surface area contributed by atoms with Crippen molar-refractivity contribution in [2.75, 3.05) is 37.8 Å². The molecule has 1 amide bonds. The van der Waals surface area contributed by atoms with E-state index in [1.54, 1.807) is 0 Å². The van der Waals surface area contributed by atoms with E-state index in [2.05, 4.69) is 20.9 Å². The molecule has 0 saturated carbocycles. The largest absolute Gasteiger partial charge is 0.362 e. The zero-order valence-corrected chi connectivity index (χ0v) is 13.0. The zero-order chi connectivity index (χ0) is 15.0. The Kier molecular flexibility index (Phi) is 6.97. The molecule has 0 aromatic heterocycles. The number of hydrogen-bond donors (Lipinski definition) is 3. The summed E-state index contributed by atoms with van der Waals surface area (Å²) >= 11 is 5.21. The van der Waals surface area contributed by atoms with Gasteiger partial charge >= 0.3 is 0 Å². The van der Waals surface area contributed by atoms with E-state index < -0.39 is 0 Å². The maximum Gasteiger partial charge on any atom is 0.221 e. The van der Waals surface area contributed by atoms with Gasteiger partial charge in [-0.15, -0.1) is 0 Å². The van der Waals surface area contributed by atoms with Crippen LogP contribution in [-0.4, -0.2) is 43.1 Å². The monoisotopic (exact) mass is 294 g/mol. The highest BCUT2D eigenvalue weighted by atomic mass is 32.1. The third kappa shape index (κ3) is 7.06. The quantitative estimate of drug-likeness (QED) is 0.552. The number of rotatable bonds is 6. The van der Waals surface area contributed by atoms with E-state index in [0.717, 1.165) is 30.9 Å². The van der Waals surface area contributed by atoms with Crippen LogP contribution < -0.4 is 16.0 Å². The maximum absolute atomic E-state index is 10.9. The maximum atomic E-state index is 10.9. The molecule has 0 unspecified atom stereocenters. The molecule has 0 atom stereocenters. The van der Waals surface area contributed by atoms with Crippen molar-refractivity contribution in [1.29, 1.82) is 0 Å². The Morgan fingerprint density at radius 3 is 2.20 bits per heavy atom. The van der Waals surface area contributed by atoms with Crippen LogP contribution in [-0.2, 0) is 4.79 Å². The van der Waals surface area contributed by atoms with Gasteiger partial charge in [-0.05, 0) is 63.5 Å². The molecule has 110 valence electrons. The Morgan fingerprint density at radius 2 is 1.70 bits per heavy atom. The van der Waals surface area contributed by atoms with Crippen LogP contribution in [0.1, 0.15) is 13.3 Å². The fourth-order valence-corrected chi connectivity index (χ4v) is 1.83. The van der Waals surface area contributed by atoms with Crippen molar-refractivity contribution in [2.45, 2.75) is 13.3 Å². The van der Waals surface area contributed by atoms with E-state index in [-0.39, 0.29) is 5.91 Å². The molecule has 3 N–H and O–H groups in total. The van der Waals surface area contributed by atoms with Gasteiger partial charge in [0, 0.05) is 24.8 Å². The summed E-state index contributed by atoms with van der Waals surface area (Å²) in [6.07, 6.45) is 1.04. The van der Waals surface area contributed by atoms with Crippen molar-refractivity contribution in [3.8, 4) is 0 Å². The first kappa shape index (κ1) is 16.4. The molecule has 1 aromatic carbocycles. The van der Waals surface area contributed by atoms with Crippen LogP contribution in [0, 0.1) is 0 Å². The second-order valence-corrected chi connectivity index (χ2v) is 5.20. The number of nitrogens with zero attached hydrogens (tertiary/aromatic N) is 1. The molecular formula is C14H22N4OS. The van der Waals surface area contributed by atoms with Crippen molar-refractivity contribution in [2.24, 2.45) is 0 Å². The third-order valence-corrected chi connectivity index (χ3v) is 2.78. The average Bonchev–Trinajstić information content (AvgIpc) is 2.36. The molecule has 0 saturated heterocycles. The van der Waals surface area contributed by atoms with Crippen molar-refractivity contribution < 1.29 is 4.79 Å². The summed E-state index contributed by atoms with van der Waals surface area (Å²) in [5, 5.41) is 9.59. The third-order valence-electron chi connectivity index (χ3n) is 2.53. The van der Waals surface area contributed by atoms with Gasteiger partial charge in [-0.3, -0.25) is 4.79 Å². The number of carbonyl (C=O) groups excluding carboxylic acids is 1. The lowest BCUT2D eigenvalue weighted by Crippen LogP contribution is -2.30. The number of nitrogens with one attached hydrogen (secondary N) is 3. The molecule has 6 heteroatoms. The zero-order valence-electron chi connectivity index (χ0n) is 12.2. The number of thiocarbonyl (C=S) groups is 1. The molecule has 0 aliphatic heterocycles. The molecule has 5 nitrogen and oxygen atoms in total. The molecule has 0 bridgehead atoms. The highest BCUT2D eigenvalue weighted by Crippen LogP contribution is 2.13. The molecule has 20 heavy (non-hydrogen) atoms. The first-order valence-corrected chi connectivity index (χ1v) is 6.95. The summed E-state index contributed by atoms with van der Waals surface area (Å²) in [6, 6.07) is 7.41. The molecule has 1 aromatic rings. The number of hydrogen-bond acceptors (Lipinski definition) is 3. The molecule has 0 fully saturated rings. The minimum Gasteiger partial charge on any atom is -0.362 e. The summed E-state index contributed by atoms with van der Waals surface area (Å²) in [5.74, 6) is -0.0798. The Hall–Kier alpha value is -1.66. The van der Waals surface area contributed by atoms with Crippen LogP contribution in [0.25, 0.3) is 0 Å². The lowest BCUT2D eigenvalue weighted by atomic mass is 10.3. The van der Waals surface area contributed by atoms with Crippen LogP contribution in [0.3, 0.4) is 0 Å². The second kappa shape index (κ2) is 8.50. The van der Waals surface area contributed by atoms with Gasteiger partial charge in [-0.1, -0.05) is 0 Å². The van der Waals surface area contributed by atoms with Gasteiger partial charge < -0.3 is 20.9 Å². The normalized spacial score (nSPS) is 10.2. The van der Waals surface area contributed by atoms with Crippen molar-refractivity contribution in [3.63, 3.8) is 0 Å². The molecule has 0 aliphatic rings. The van der Waals surface area contributed by atoms with Gasteiger partial charge in [0.25, 0.3) is 0 Å². The molecule has 0 aliphatic carbocycles. The molecular weight excluding hydrogens is 272 g/mol. The number of carbonyl (C=O) groups is 1. The van der Waals surface area contributed by atoms with Crippen LogP contribution in [0.2, 0.25) is 0 Å². The summed E-state index contributed by atoms with van der Waals surface area (Å²) in [7, 11) is 4.10. The lowest BCUT2D eigenvalue weighted by Gasteiger charge is -2.13. The number of anilines is 2. The van der Waals surface area contributed by atoms with Crippen LogP contribution in [0.4, 0.5) is 11.4 Å². The highest BCUT2D eigenvalue weighted by molar-refractivity contribution is 7.80. The minimum atomic E-state index is -0.0798. The number of benzene rings is 1. The molecule has 0 radical (unpaired) electrons. The van der Waals surface area contributed by atoms with Gasteiger partial charge in [0.05, 0.1) is 0 Å². The van der Waals surface area contributed by atoms with E-state index in [1.165, 1.54) is 6.92 Å². The van der Waals surface area contributed by atoms with E-state index >= 15 is 0 Å². The Morgan fingerprint density at radius 1 is 1.15 bits per heavy atom. The molecule has 0 heterocycles. The average molecular weight is 294 g/mol. The van der Waals surface area contributed by atoms with Crippen molar-refractivity contribution >= 4 is 34.6 Å². The Labute approximate surface area is 125 Å². The topological polar surface area (TPSA) is 56.4 Å². The second-order valence-electron chi connectivity index (χ2n) is 4.80. The summed E-state index contributed by atoms with van der Waals surface area (Å²) in [6.45, 7) is 3.36. The Bertz CT molecular complexity index is 445. The highest BCUT2D eigenvalue weighted by Gasteiger charge is 1.99. The lowest BCUT2D eigenvalue weighted by molar-refractivity contribution is -0.114. The van der Waals surface area contributed by atoms with Crippen LogP contribution >= 0.6 is 12.2 Å². The fourth-order valence-electron chi connectivity index (χ4n) is 1.61.